The van der Waals surface area contributed by atoms with Gasteiger partial charge in [0.05, 0.1) is 0 Å². The summed E-state index contributed by atoms with van der Waals surface area (Å²) < 4.78 is -1.72. The maximum atomic E-state index is 9.43. The molecule has 50 valence electrons. The highest BCUT2D eigenvalue weighted by Gasteiger charge is 2.16. The quantitative estimate of drug-likeness (QED) is 0.331. The molecule has 0 heterocycles. The predicted molar refractivity (Wildman–Crippen MR) is 32.3 cm³/mol. The summed E-state index contributed by atoms with van der Waals surface area (Å²) >= 11 is 14.6. The Morgan fingerprint density at radius 1 is 1.38 bits per heavy atom. The summed E-state index contributed by atoms with van der Waals surface area (Å²) in [7, 11) is 0. The van der Waals surface area contributed by atoms with E-state index in [1.807, 2.05) is 0 Å². The largest absolute Gasteiger partial charge is 0.320 e. The zero-order chi connectivity index (χ0) is 7.21. The summed E-state index contributed by atoms with van der Waals surface area (Å²) in [5, 5.41) is 6.50. The first kappa shape index (κ1) is 11.3. The number of alkyl halides is 3. The third kappa shape index (κ3) is 16.1. The van der Waals surface area contributed by atoms with E-state index in [2.05, 4.69) is 5.90 Å². The van der Waals surface area contributed by atoms with E-state index < -0.39 is 3.79 Å². The van der Waals surface area contributed by atoms with Gasteiger partial charge in [-0.15, -0.1) is 0 Å². The molecule has 6 heteroatoms. The van der Waals surface area contributed by atoms with E-state index in [9.17, 15) is 4.79 Å². The zero-order valence-electron chi connectivity index (χ0n) is 3.64. The Morgan fingerprint density at radius 2 is 1.50 bits per heavy atom. The average Bonchev–Trinajstić information content (AvgIpc) is 1.71. The van der Waals surface area contributed by atoms with Gasteiger partial charge in [-0.1, -0.05) is 34.8 Å². The molecule has 0 spiro atoms. The van der Waals surface area contributed by atoms with E-state index in [1.54, 1.807) is 0 Å². The van der Waals surface area contributed by atoms with Crippen LogP contribution in [0.15, 0.2) is 0 Å². The summed E-state index contributed by atoms with van der Waals surface area (Å²) in [4.78, 5) is 9.43. The van der Waals surface area contributed by atoms with Gasteiger partial charge in [-0.05, 0) is 0 Å². The molecule has 3 nitrogen and oxygen atoms in total. The summed E-state index contributed by atoms with van der Waals surface area (Å²) in [6.45, 7) is 0. The van der Waals surface area contributed by atoms with E-state index in [-0.39, 0.29) is 6.29 Å². The van der Waals surface area contributed by atoms with Gasteiger partial charge in [-0.3, -0.25) is 4.79 Å². The number of nitrogens with two attached hydrogens (primary N) is 1. The molecule has 0 amide bonds. The number of carbonyl (C=O) groups is 1. The number of halogens is 3. The molecule has 0 aromatic rings. The Kier molecular flexibility index (Phi) is 7.89. The maximum absolute atomic E-state index is 9.43. The molecule has 0 unspecified atom stereocenters. The molecule has 0 aliphatic carbocycles. The molecule has 0 aromatic heterocycles. The van der Waals surface area contributed by atoms with Crippen LogP contribution in [0, 0.1) is 0 Å². The van der Waals surface area contributed by atoms with Gasteiger partial charge in [0.1, 0.15) is 0 Å². The van der Waals surface area contributed by atoms with Crippen molar-refractivity contribution in [2.24, 2.45) is 5.90 Å². The molecule has 0 atom stereocenters. The average molecular weight is 180 g/mol. The van der Waals surface area contributed by atoms with Crippen molar-refractivity contribution in [1.82, 2.24) is 0 Å². The third-order valence-corrected chi connectivity index (χ3v) is 0.401. The fraction of sp³-hybridized carbons (Fsp3) is 0.500. The van der Waals surface area contributed by atoms with Crippen LogP contribution in [-0.2, 0) is 4.79 Å². The van der Waals surface area contributed by atoms with Gasteiger partial charge in [0.2, 0.25) is 3.79 Å². The lowest BCUT2D eigenvalue weighted by Crippen LogP contribution is -2.00. The molecule has 0 aromatic carbocycles. The lowest BCUT2D eigenvalue weighted by atomic mass is 10.9. The van der Waals surface area contributed by atoms with Crippen LogP contribution < -0.4 is 5.90 Å². The van der Waals surface area contributed by atoms with Crippen molar-refractivity contribution in [3.8, 4) is 0 Å². The Bertz CT molecular complexity index is 60.8. The van der Waals surface area contributed by atoms with Crippen LogP contribution in [0.2, 0.25) is 0 Å². The van der Waals surface area contributed by atoms with Crippen molar-refractivity contribution in [3.05, 3.63) is 0 Å². The molecule has 8 heavy (non-hydrogen) atoms. The highest BCUT2D eigenvalue weighted by atomic mass is 35.6. The van der Waals surface area contributed by atoms with Gasteiger partial charge in [0.25, 0.3) is 0 Å². The van der Waals surface area contributed by atoms with E-state index in [4.69, 9.17) is 40.0 Å². The maximum Gasteiger partial charge on any atom is 0.245 e. The second kappa shape index (κ2) is 5.59. The molecular formula is C2H4Cl3NO2. The highest BCUT2D eigenvalue weighted by molar-refractivity contribution is 6.74. The van der Waals surface area contributed by atoms with E-state index in [1.165, 1.54) is 0 Å². The van der Waals surface area contributed by atoms with Gasteiger partial charge in [-0.2, -0.15) is 0 Å². The molecule has 0 saturated carbocycles. The third-order valence-electron chi connectivity index (χ3n) is 0.134. The monoisotopic (exact) mass is 179 g/mol. The van der Waals surface area contributed by atoms with Crippen LogP contribution in [0.1, 0.15) is 0 Å². The molecule has 0 saturated heterocycles. The molecule has 0 bridgehead atoms. The van der Waals surface area contributed by atoms with Crippen molar-refractivity contribution in [2.45, 2.75) is 3.79 Å². The fourth-order valence-corrected chi connectivity index (χ4v) is 0. The van der Waals surface area contributed by atoms with E-state index >= 15 is 0 Å². The first-order valence-corrected chi connectivity index (χ1v) is 2.48. The number of carbonyl (C=O) groups excluding carboxylic acids is 1. The minimum atomic E-state index is -1.72. The Labute approximate surface area is 61.3 Å². The topological polar surface area (TPSA) is 63.3 Å². The zero-order valence-corrected chi connectivity index (χ0v) is 5.91. The molecule has 0 fully saturated rings. The molecule has 0 aliphatic heterocycles. The molecule has 3 N–H and O–H groups in total. The minimum absolute atomic E-state index is 0.234. The van der Waals surface area contributed by atoms with Crippen molar-refractivity contribution >= 4 is 41.1 Å². The number of hydrogen-bond acceptors (Lipinski definition) is 3. The van der Waals surface area contributed by atoms with Crippen molar-refractivity contribution in [1.29, 1.82) is 0 Å². The number of hydrogen-bond donors (Lipinski definition) is 2. The number of rotatable bonds is 0. The van der Waals surface area contributed by atoms with Crippen molar-refractivity contribution < 1.29 is 10.0 Å². The smallest absolute Gasteiger partial charge is 0.245 e. The van der Waals surface area contributed by atoms with Gasteiger partial charge < -0.3 is 5.21 Å². The van der Waals surface area contributed by atoms with Gasteiger partial charge in [-0.25, -0.2) is 5.90 Å². The van der Waals surface area contributed by atoms with Crippen LogP contribution >= 0.6 is 34.8 Å². The van der Waals surface area contributed by atoms with Gasteiger partial charge in [0, 0.05) is 0 Å². The summed E-state index contributed by atoms with van der Waals surface area (Å²) in [6.07, 6.45) is 0.234. The molecule has 0 aliphatic rings. The lowest BCUT2D eigenvalue weighted by molar-refractivity contribution is -0.107. The molecule has 0 radical (unpaired) electrons. The minimum Gasteiger partial charge on any atom is -0.320 e. The van der Waals surface area contributed by atoms with Crippen molar-refractivity contribution in [2.75, 3.05) is 0 Å². The first-order valence-electron chi connectivity index (χ1n) is 1.35. The van der Waals surface area contributed by atoms with E-state index in [0.29, 0.717) is 0 Å². The van der Waals surface area contributed by atoms with Crippen LogP contribution in [-0.4, -0.2) is 15.3 Å². The SMILES string of the molecule is NO.O=CC(Cl)(Cl)Cl. The first-order chi connectivity index (χ1) is 3.56. The molecular weight excluding hydrogens is 176 g/mol. The predicted octanol–water partition coefficient (Wildman–Crippen LogP) is 0.890. The highest BCUT2D eigenvalue weighted by Crippen LogP contribution is 2.21. The van der Waals surface area contributed by atoms with Crippen molar-refractivity contribution in [3.63, 3.8) is 0 Å². The standard InChI is InChI=1S/C2HCl3O.H3NO/c3-2(4,5)1-6;1-2/h1H;2H,1H2. The summed E-state index contributed by atoms with van der Waals surface area (Å²) in [6, 6.07) is 0. The second-order valence-electron chi connectivity index (χ2n) is 0.659. The summed E-state index contributed by atoms with van der Waals surface area (Å²) in [5.41, 5.74) is 0. The normalized spacial score (nSPS) is 9.12. The van der Waals surface area contributed by atoms with Gasteiger partial charge >= 0.3 is 0 Å². The van der Waals surface area contributed by atoms with Crippen LogP contribution in [0.4, 0.5) is 0 Å². The Balaban J connectivity index is 0. The lowest BCUT2D eigenvalue weighted by Gasteiger charge is -1.93. The summed E-state index contributed by atoms with van der Waals surface area (Å²) in [5.74, 6) is 3.50. The Hall–Kier alpha value is 0.460. The van der Waals surface area contributed by atoms with Crippen LogP contribution in [0.25, 0.3) is 0 Å². The fourth-order valence-electron chi connectivity index (χ4n) is 0. The Morgan fingerprint density at radius 3 is 1.50 bits per heavy atom. The number of aldehydes is 1. The van der Waals surface area contributed by atoms with Crippen LogP contribution in [0.5, 0.6) is 0 Å². The van der Waals surface area contributed by atoms with E-state index in [0.717, 1.165) is 0 Å². The van der Waals surface area contributed by atoms with Gasteiger partial charge in [0.15, 0.2) is 6.29 Å². The molecule has 0 rings (SSSR count). The van der Waals surface area contributed by atoms with Crippen LogP contribution in [0.3, 0.4) is 0 Å². The second-order valence-corrected chi connectivity index (χ2v) is 3.03.